The molecule has 1 aliphatic carbocycles. The van der Waals surface area contributed by atoms with E-state index in [0.717, 1.165) is 32.1 Å². The molecule has 0 aromatic carbocycles. The molecule has 0 aromatic rings. The first-order valence-electron chi connectivity index (χ1n) is 5.88. The fourth-order valence-electron chi connectivity index (χ4n) is 2.55. The van der Waals surface area contributed by atoms with Gasteiger partial charge in [-0.1, -0.05) is 19.3 Å². The van der Waals surface area contributed by atoms with Crippen molar-refractivity contribution in [3.8, 4) is 0 Å². The molecule has 0 aliphatic heterocycles. The van der Waals surface area contributed by atoms with E-state index in [1.165, 1.54) is 4.90 Å². The van der Waals surface area contributed by atoms with Crippen molar-refractivity contribution in [1.82, 2.24) is 10.2 Å². The minimum Gasteiger partial charge on any atom is -0.315 e. The molecule has 0 aromatic heterocycles. The summed E-state index contributed by atoms with van der Waals surface area (Å²) in [5.41, 5.74) is 0. The van der Waals surface area contributed by atoms with Crippen LogP contribution in [0.15, 0.2) is 0 Å². The number of alkyl halides is 3. The predicted octanol–water partition coefficient (Wildman–Crippen LogP) is 2.40. The lowest BCUT2D eigenvalue weighted by molar-refractivity contribution is -0.148. The Morgan fingerprint density at radius 1 is 1.19 bits per heavy atom. The van der Waals surface area contributed by atoms with Crippen LogP contribution in [0.1, 0.15) is 32.1 Å². The molecule has 0 heterocycles. The number of rotatable bonds is 3. The van der Waals surface area contributed by atoms with Crippen LogP contribution in [0.3, 0.4) is 0 Å². The van der Waals surface area contributed by atoms with Crippen molar-refractivity contribution in [2.24, 2.45) is 0 Å². The average Bonchev–Trinajstić information content (AvgIpc) is 2.39. The summed E-state index contributed by atoms with van der Waals surface area (Å²) >= 11 is 0. The van der Waals surface area contributed by atoms with Crippen molar-refractivity contribution in [2.45, 2.75) is 50.4 Å². The molecular formula is C11H21F3N2. The highest BCUT2D eigenvalue weighted by molar-refractivity contribution is 4.85. The number of nitrogens with one attached hydrogen (secondary N) is 1. The van der Waals surface area contributed by atoms with Gasteiger partial charge in [0, 0.05) is 12.1 Å². The molecular weight excluding hydrogens is 217 g/mol. The molecule has 16 heavy (non-hydrogen) atoms. The minimum absolute atomic E-state index is 0.00845. The summed E-state index contributed by atoms with van der Waals surface area (Å²) in [6.45, 7) is -0.810. The second-order valence-electron chi connectivity index (χ2n) is 4.63. The summed E-state index contributed by atoms with van der Waals surface area (Å²) in [6, 6.07) is 0.198. The van der Waals surface area contributed by atoms with E-state index in [1.54, 1.807) is 7.05 Å². The smallest absolute Gasteiger partial charge is 0.315 e. The second kappa shape index (κ2) is 5.87. The highest BCUT2D eigenvalue weighted by Crippen LogP contribution is 2.24. The van der Waals surface area contributed by atoms with Crippen LogP contribution in [0.25, 0.3) is 0 Å². The monoisotopic (exact) mass is 238 g/mol. The topological polar surface area (TPSA) is 15.3 Å². The summed E-state index contributed by atoms with van der Waals surface area (Å²) in [5.74, 6) is 0. The average molecular weight is 238 g/mol. The molecule has 0 amide bonds. The van der Waals surface area contributed by atoms with E-state index >= 15 is 0 Å². The van der Waals surface area contributed by atoms with Gasteiger partial charge in [-0.2, -0.15) is 13.2 Å². The molecule has 1 fully saturated rings. The van der Waals surface area contributed by atoms with Gasteiger partial charge in [0.25, 0.3) is 0 Å². The van der Waals surface area contributed by atoms with Crippen LogP contribution in [0.2, 0.25) is 0 Å². The normalized spacial score (nSPS) is 28.1. The quantitative estimate of drug-likeness (QED) is 0.759. The fourth-order valence-corrected chi connectivity index (χ4v) is 2.55. The number of hydrogen-bond acceptors (Lipinski definition) is 2. The molecule has 5 heteroatoms. The van der Waals surface area contributed by atoms with E-state index in [9.17, 15) is 13.2 Å². The van der Waals surface area contributed by atoms with Crippen LogP contribution < -0.4 is 5.32 Å². The highest BCUT2D eigenvalue weighted by atomic mass is 19.4. The molecule has 1 rings (SSSR count). The Morgan fingerprint density at radius 3 is 2.38 bits per heavy atom. The summed E-state index contributed by atoms with van der Waals surface area (Å²) in [6.07, 6.45) is 1.02. The second-order valence-corrected chi connectivity index (χ2v) is 4.63. The van der Waals surface area contributed by atoms with E-state index < -0.39 is 12.7 Å². The molecule has 1 aliphatic rings. The first-order valence-corrected chi connectivity index (χ1v) is 5.88. The van der Waals surface area contributed by atoms with Gasteiger partial charge in [0.1, 0.15) is 0 Å². The lowest BCUT2D eigenvalue weighted by Gasteiger charge is -2.33. The van der Waals surface area contributed by atoms with E-state index in [-0.39, 0.29) is 12.1 Å². The molecule has 0 radical (unpaired) electrons. The zero-order valence-electron chi connectivity index (χ0n) is 9.98. The number of hydrogen-bond donors (Lipinski definition) is 1. The van der Waals surface area contributed by atoms with Gasteiger partial charge in [-0.05, 0) is 26.9 Å². The maximum Gasteiger partial charge on any atom is 0.401 e. The Labute approximate surface area is 95.2 Å². The zero-order valence-corrected chi connectivity index (χ0v) is 9.98. The van der Waals surface area contributed by atoms with Crippen LogP contribution in [0.4, 0.5) is 13.2 Å². The molecule has 0 spiro atoms. The van der Waals surface area contributed by atoms with Gasteiger partial charge in [0.2, 0.25) is 0 Å². The number of nitrogens with zero attached hydrogens (tertiary/aromatic N) is 1. The Kier molecular flexibility index (Phi) is 5.05. The lowest BCUT2D eigenvalue weighted by Crippen LogP contribution is -2.49. The van der Waals surface area contributed by atoms with E-state index in [0.29, 0.717) is 0 Å². The molecule has 0 saturated heterocycles. The van der Waals surface area contributed by atoms with Crippen molar-refractivity contribution in [3.05, 3.63) is 0 Å². The van der Waals surface area contributed by atoms with E-state index in [1.807, 2.05) is 7.05 Å². The SMILES string of the molecule is CNC1CCCCCC1N(C)CC(F)(F)F. The maximum absolute atomic E-state index is 12.3. The Hall–Kier alpha value is -0.290. The van der Waals surface area contributed by atoms with Crippen LogP contribution in [0.5, 0.6) is 0 Å². The van der Waals surface area contributed by atoms with Gasteiger partial charge in [-0.3, -0.25) is 4.90 Å². The number of halogens is 3. The fraction of sp³-hybridized carbons (Fsp3) is 1.00. The van der Waals surface area contributed by atoms with Crippen molar-refractivity contribution in [2.75, 3.05) is 20.6 Å². The van der Waals surface area contributed by atoms with Crippen molar-refractivity contribution >= 4 is 0 Å². The highest BCUT2D eigenvalue weighted by Gasteiger charge is 2.34. The molecule has 96 valence electrons. The van der Waals surface area contributed by atoms with Crippen LogP contribution in [0, 0.1) is 0 Å². The maximum atomic E-state index is 12.3. The van der Waals surface area contributed by atoms with Gasteiger partial charge >= 0.3 is 6.18 Å². The van der Waals surface area contributed by atoms with Crippen LogP contribution in [-0.2, 0) is 0 Å². The number of likely N-dealkylation sites (N-methyl/N-ethyl adjacent to an activating group) is 2. The first kappa shape index (κ1) is 13.8. The predicted molar refractivity (Wildman–Crippen MR) is 58.4 cm³/mol. The molecule has 2 atom stereocenters. The van der Waals surface area contributed by atoms with E-state index in [4.69, 9.17) is 0 Å². The first-order chi connectivity index (χ1) is 7.44. The Bertz CT molecular complexity index is 206. The Balaban J connectivity index is 2.59. The molecule has 2 nitrogen and oxygen atoms in total. The summed E-state index contributed by atoms with van der Waals surface area (Å²) in [4.78, 5) is 1.45. The third-order valence-electron chi connectivity index (χ3n) is 3.35. The van der Waals surface area contributed by atoms with Crippen molar-refractivity contribution in [3.63, 3.8) is 0 Å². The summed E-state index contributed by atoms with van der Waals surface area (Å²) < 4.78 is 37.0. The molecule has 1 N–H and O–H groups in total. The summed E-state index contributed by atoms with van der Waals surface area (Å²) in [5, 5.41) is 3.15. The molecule has 2 unspecified atom stereocenters. The third kappa shape index (κ3) is 4.29. The standard InChI is InChI=1S/C11H21F3N2/c1-15-9-6-4-3-5-7-10(9)16(2)8-11(12,13)14/h9-10,15H,3-8H2,1-2H3. The third-order valence-corrected chi connectivity index (χ3v) is 3.35. The molecule has 1 saturated carbocycles. The van der Waals surface area contributed by atoms with Gasteiger partial charge in [-0.25, -0.2) is 0 Å². The van der Waals surface area contributed by atoms with Gasteiger partial charge in [0.15, 0.2) is 0 Å². The molecule has 0 bridgehead atoms. The van der Waals surface area contributed by atoms with Crippen molar-refractivity contribution < 1.29 is 13.2 Å². The zero-order chi connectivity index (χ0) is 12.2. The van der Waals surface area contributed by atoms with Crippen molar-refractivity contribution in [1.29, 1.82) is 0 Å². The summed E-state index contributed by atoms with van der Waals surface area (Å²) in [7, 11) is 3.41. The van der Waals surface area contributed by atoms with E-state index in [2.05, 4.69) is 5.32 Å². The largest absolute Gasteiger partial charge is 0.401 e. The Morgan fingerprint density at radius 2 is 1.81 bits per heavy atom. The minimum atomic E-state index is -4.10. The lowest BCUT2D eigenvalue weighted by atomic mass is 10.0. The van der Waals surface area contributed by atoms with Crippen LogP contribution in [-0.4, -0.2) is 43.8 Å². The van der Waals surface area contributed by atoms with Gasteiger partial charge in [0.05, 0.1) is 6.54 Å². The van der Waals surface area contributed by atoms with Gasteiger partial charge < -0.3 is 5.32 Å². The van der Waals surface area contributed by atoms with Gasteiger partial charge in [-0.15, -0.1) is 0 Å². The van der Waals surface area contributed by atoms with Crippen LogP contribution >= 0.6 is 0 Å².